The highest BCUT2D eigenvalue weighted by Crippen LogP contribution is 2.75. The molecule has 0 heterocycles. The summed E-state index contributed by atoms with van der Waals surface area (Å²) >= 11 is 0. The first kappa shape index (κ1) is 35.9. The number of ether oxygens (including phenoxy) is 2. The molecule has 5 aliphatic carbocycles. The van der Waals surface area contributed by atoms with Crippen LogP contribution in [0.25, 0.3) is 0 Å². The predicted octanol–water partition coefficient (Wildman–Crippen LogP) is 4.53. The highest BCUT2D eigenvalue weighted by molar-refractivity contribution is 5.73. The van der Waals surface area contributed by atoms with Gasteiger partial charge in [0.25, 0.3) is 0 Å². The standard InChI is InChI=1S/C37H60O9/c1-32(2)17-22-21-9-10-25-34(4)13-12-26(39)35(5,20-46-23(19-38)28(40)29(41)30(42)31(43)44)24(34)11-14-37(25,7)36(21,6)16-15-33(22,3)27(18-32)45-8/h9,19,22-30,39-42H,10-18,20H2,1-8H3,(H,43,44)/t22-,23-,24+,25+,26-,27+,28+,29-,30-,33+,34-,35+,36+,37+/m0/s1. The molecule has 4 saturated carbocycles. The number of carbonyl (C=O) groups is 2. The monoisotopic (exact) mass is 648 g/mol. The lowest BCUT2D eigenvalue weighted by molar-refractivity contribution is -0.229. The zero-order chi connectivity index (χ0) is 34.3. The molecule has 9 heteroatoms. The van der Waals surface area contributed by atoms with Crippen molar-refractivity contribution >= 4 is 12.3 Å². The number of methoxy groups -OCH3 is 1. The van der Waals surface area contributed by atoms with Crippen LogP contribution in [0.15, 0.2) is 11.6 Å². The van der Waals surface area contributed by atoms with E-state index in [1.165, 1.54) is 6.42 Å². The number of allylic oxidation sites excluding steroid dienone is 2. The van der Waals surface area contributed by atoms with Gasteiger partial charge >= 0.3 is 5.97 Å². The first-order valence-electron chi connectivity index (χ1n) is 17.5. The third kappa shape index (κ3) is 5.17. The van der Waals surface area contributed by atoms with Gasteiger partial charge in [0.1, 0.15) is 18.3 Å². The molecule has 0 radical (unpaired) electrons. The summed E-state index contributed by atoms with van der Waals surface area (Å²) in [6.07, 6.45) is 3.53. The van der Waals surface area contributed by atoms with E-state index in [-0.39, 0.29) is 45.7 Å². The summed E-state index contributed by atoms with van der Waals surface area (Å²) in [5, 5.41) is 51.0. The molecule has 14 atom stereocenters. The Labute approximate surface area is 275 Å². The van der Waals surface area contributed by atoms with Crippen LogP contribution >= 0.6 is 0 Å². The summed E-state index contributed by atoms with van der Waals surface area (Å²) in [6, 6.07) is 0. The van der Waals surface area contributed by atoms with Gasteiger partial charge in [0, 0.05) is 17.9 Å². The first-order valence-corrected chi connectivity index (χ1v) is 17.5. The van der Waals surface area contributed by atoms with Gasteiger partial charge in [-0.15, -0.1) is 0 Å². The first-order chi connectivity index (χ1) is 21.3. The van der Waals surface area contributed by atoms with Crippen LogP contribution in [-0.2, 0) is 19.1 Å². The quantitative estimate of drug-likeness (QED) is 0.179. The van der Waals surface area contributed by atoms with Gasteiger partial charge in [-0.1, -0.05) is 60.1 Å². The second-order valence-corrected chi connectivity index (χ2v) is 17.9. The molecule has 0 aliphatic heterocycles. The maximum Gasteiger partial charge on any atom is 0.335 e. The lowest BCUT2D eigenvalue weighted by Gasteiger charge is -2.72. The number of rotatable bonds is 9. The molecule has 0 aromatic rings. The van der Waals surface area contributed by atoms with Gasteiger partial charge in [-0.25, -0.2) is 4.79 Å². The van der Waals surface area contributed by atoms with Crippen LogP contribution < -0.4 is 0 Å². The van der Waals surface area contributed by atoms with Crippen molar-refractivity contribution in [2.45, 2.75) is 143 Å². The topological polar surface area (TPSA) is 154 Å². The Morgan fingerprint density at radius 2 is 1.61 bits per heavy atom. The van der Waals surface area contributed by atoms with Crippen LogP contribution in [0.3, 0.4) is 0 Å². The van der Waals surface area contributed by atoms with Crippen molar-refractivity contribution < 1.29 is 44.6 Å². The Morgan fingerprint density at radius 1 is 0.935 bits per heavy atom. The molecule has 5 aliphatic rings. The third-order valence-electron chi connectivity index (χ3n) is 15.1. The van der Waals surface area contributed by atoms with Gasteiger partial charge < -0.3 is 39.8 Å². The Bertz CT molecular complexity index is 1220. The van der Waals surface area contributed by atoms with E-state index in [9.17, 15) is 30.0 Å². The summed E-state index contributed by atoms with van der Waals surface area (Å²) in [5.41, 5.74) is 1.25. The summed E-state index contributed by atoms with van der Waals surface area (Å²) < 4.78 is 12.1. The molecule has 0 amide bonds. The molecule has 5 rings (SSSR count). The van der Waals surface area contributed by atoms with Gasteiger partial charge in [-0.2, -0.15) is 0 Å². The number of hydrogen-bond acceptors (Lipinski definition) is 8. The van der Waals surface area contributed by atoms with E-state index in [1.807, 2.05) is 14.0 Å². The van der Waals surface area contributed by atoms with Crippen LogP contribution in [0, 0.1) is 50.2 Å². The van der Waals surface area contributed by atoms with Crippen molar-refractivity contribution in [3.8, 4) is 0 Å². The van der Waals surface area contributed by atoms with Crippen LogP contribution in [0.4, 0.5) is 0 Å². The van der Waals surface area contributed by atoms with Gasteiger partial charge in [0.05, 0.1) is 18.8 Å². The molecule has 0 bridgehead atoms. The molecule has 9 nitrogen and oxygen atoms in total. The predicted molar refractivity (Wildman–Crippen MR) is 173 cm³/mol. The number of hydrogen-bond donors (Lipinski definition) is 5. The fourth-order valence-electron chi connectivity index (χ4n) is 12.0. The van der Waals surface area contributed by atoms with Crippen LogP contribution in [0.1, 0.15) is 106 Å². The van der Waals surface area contributed by atoms with Crippen molar-refractivity contribution in [1.29, 1.82) is 0 Å². The van der Waals surface area contributed by atoms with E-state index in [0.29, 0.717) is 24.5 Å². The van der Waals surface area contributed by atoms with Gasteiger partial charge in [0.15, 0.2) is 12.4 Å². The highest BCUT2D eigenvalue weighted by Gasteiger charge is 2.69. The Morgan fingerprint density at radius 3 is 2.22 bits per heavy atom. The second-order valence-electron chi connectivity index (χ2n) is 17.9. The smallest absolute Gasteiger partial charge is 0.335 e. The number of carboxylic acids is 1. The number of carboxylic acid groups (broad SMARTS) is 1. The summed E-state index contributed by atoms with van der Waals surface area (Å²) in [5.74, 6) is -0.756. The highest BCUT2D eigenvalue weighted by atomic mass is 16.5. The minimum Gasteiger partial charge on any atom is -0.479 e. The van der Waals surface area contributed by atoms with Crippen LogP contribution in [0.5, 0.6) is 0 Å². The molecule has 0 spiro atoms. The van der Waals surface area contributed by atoms with E-state index in [2.05, 4.69) is 47.6 Å². The molecule has 4 fully saturated rings. The normalized spacial score (nSPS) is 47.5. The number of aliphatic hydroxyl groups is 4. The lowest BCUT2D eigenvalue weighted by Crippen LogP contribution is -2.66. The van der Waals surface area contributed by atoms with Crippen molar-refractivity contribution in [1.82, 2.24) is 0 Å². The fourth-order valence-corrected chi connectivity index (χ4v) is 12.0. The van der Waals surface area contributed by atoms with Crippen LogP contribution in [0.2, 0.25) is 0 Å². The average molecular weight is 649 g/mol. The SMILES string of the molecule is CO[C@@H]1CC(C)(C)C[C@H]2C3=CC[C@@H]4[C@@]5(C)CC[C@H](O)[C@](C)(CO[C@@H](C=O)[C@@H](O)[C@H](O)[C@H](O)C(=O)O)[C@@H]5CC[C@@]4(C)[C@]3(C)CC[C@@]12C. The maximum atomic E-state index is 11.9. The summed E-state index contributed by atoms with van der Waals surface area (Å²) in [4.78, 5) is 23.1. The van der Waals surface area contributed by atoms with E-state index in [1.54, 1.807) is 5.57 Å². The zero-order valence-corrected chi connectivity index (χ0v) is 29.3. The number of carbonyl (C=O) groups excluding carboxylic acids is 1. The second kappa shape index (κ2) is 11.9. The summed E-state index contributed by atoms with van der Waals surface area (Å²) in [6.45, 7) is 16.7. The van der Waals surface area contributed by atoms with E-state index in [0.717, 1.165) is 44.9 Å². The number of fused-ring (bicyclic) bond motifs is 7. The zero-order valence-electron chi connectivity index (χ0n) is 29.3. The molecule has 0 aromatic carbocycles. The molecule has 46 heavy (non-hydrogen) atoms. The largest absolute Gasteiger partial charge is 0.479 e. The lowest BCUT2D eigenvalue weighted by atomic mass is 9.33. The van der Waals surface area contributed by atoms with Crippen molar-refractivity contribution in [2.75, 3.05) is 13.7 Å². The van der Waals surface area contributed by atoms with Gasteiger partial charge in [-0.05, 0) is 97.2 Å². The number of aliphatic carboxylic acids is 1. The number of aliphatic hydroxyl groups excluding tert-OH is 4. The van der Waals surface area contributed by atoms with Crippen LogP contribution in [-0.4, -0.2) is 88.1 Å². The minimum atomic E-state index is -2.26. The molecule has 0 saturated heterocycles. The Hall–Kier alpha value is -1.36. The summed E-state index contributed by atoms with van der Waals surface area (Å²) in [7, 11) is 1.88. The Balaban J connectivity index is 1.44. The maximum absolute atomic E-state index is 11.9. The van der Waals surface area contributed by atoms with Gasteiger partial charge in [0.2, 0.25) is 0 Å². The van der Waals surface area contributed by atoms with Gasteiger partial charge in [-0.3, -0.25) is 0 Å². The molecule has 5 N–H and O–H groups in total. The van der Waals surface area contributed by atoms with Crippen molar-refractivity contribution in [2.24, 2.45) is 50.2 Å². The minimum absolute atomic E-state index is 0.0412. The third-order valence-corrected chi connectivity index (χ3v) is 15.1. The Kier molecular flexibility index (Phi) is 9.30. The van der Waals surface area contributed by atoms with E-state index < -0.39 is 41.9 Å². The average Bonchev–Trinajstić information content (AvgIpc) is 2.99. The fraction of sp³-hybridized carbons (Fsp3) is 0.892. The molecule has 262 valence electrons. The molecule has 0 unspecified atom stereocenters. The molecule has 0 aromatic heterocycles. The van der Waals surface area contributed by atoms with E-state index in [4.69, 9.17) is 14.6 Å². The number of aldehydes is 1. The van der Waals surface area contributed by atoms with Crippen molar-refractivity contribution in [3.05, 3.63) is 11.6 Å². The molecular weight excluding hydrogens is 588 g/mol. The van der Waals surface area contributed by atoms with Crippen molar-refractivity contribution in [3.63, 3.8) is 0 Å². The van der Waals surface area contributed by atoms with E-state index >= 15 is 0 Å². The molecular formula is C37H60O9.